The molecule has 4 rings (SSSR count). The average Bonchev–Trinajstić information content (AvgIpc) is 3.22. The van der Waals surface area contributed by atoms with E-state index in [1.165, 1.54) is 17.3 Å². The van der Waals surface area contributed by atoms with Crippen molar-refractivity contribution in [1.29, 1.82) is 0 Å². The van der Waals surface area contributed by atoms with Crippen molar-refractivity contribution in [1.82, 2.24) is 14.9 Å². The van der Waals surface area contributed by atoms with E-state index in [1.807, 2.05) is 60.4 Å². The highest BCUT2D eigenvalue weighted by atomic mass is 32.2. The Labute approximate surface area is 178 Å². The molecule has 0 saturated carbocycles. The molecule has 2 aromatic heterocycles. The molecule has 146 valence electrons. The van der Waals surface area contributed by atoms with Gasteiger partial charge in [0, 0.05) is 23.4 Å². The molecule has 0 N–H and O–H groups in total. The van der Waals surface area contributed by atoms with Gasteiger partial charge in [0.15, 0.2) is 0 Å². The van der Waals surface area contributed by atoms with Crippen LogP contribution in [0.15, 0.2) is 78.1 Å². The Balaban J connectivity index is 1.49. The van der Waals surface area contributed by atoms with Crippen LogP contribution in [-0.2, 0) is 11.3 Å². The maximum Gasteiger partial charge on any atom is 0.233 e. The topological polar surface area (TPSA) is 46.1 Å². The first-order valence-electron chi connectivity index (χ1n) is 9.49. The van der Waals surface area contributed by atoms with Gasteiger partial charge in [0.1, 0.15) is 16.2 Å². The van der Waals surface area contributed by atoms with E-state index >= 15 is 0 Å². The second-order valence-electron chi connectivity index (χ2n) is 6.56. The molecule has 0 saturated heterocycles. The molecule has 6 heteroatoms. The van der Waals surface area contributed by atoms with Crippen LogP contribution in [0.4, 0.5) is 0 Å². The first-order chi connectivity index (χ1) is 14.2. The molecule has 0 bridgehead atoms. The van der Waals surface area contributed by atoms with Crippen molar-refractivity contribution in [3.05, 3.63) is 78.6 Å². The summed E-state index contributed by atoms with van der Waals surface area (Å²) in [5.74, 6) is 0.482. The maximum atomic E-state index is 12.8. The van der Waals surface area contributed by atoms with Crippen molar-refractivity contribution in [2.24, 2.45) is 0 Å². The fourth-order valence-electron chi connectivity index (χ4n) is 3.10. The molecular weight excluding hydrogens is 398 g/mol. The summed E-state index contributed by atoms with van der Waals surface area (Å²) in [4.78, 5) is 25.6. The zero-order valence-corrected chi connectivity index (χ0v) is 17.7. The normalized spacial score (nSPS) is 10.9. The van der Waals surface area contributed by atoms with Crippen LogP contribution in [0.25, 0.3) is 20.7 Å². The number of rotatable bonds is 7. The lowest BCUT2D eigenvalue weighted by Gasteiger charge is -2.20. The zero-order valence-electron chi connectivity index (χ0n) is 16.1. The minimum absolute atomic E-state index is 0.117. The fourth-order valence-corrected chi connectivity index (χ4v) is 5.04. The minimum Gasteiger partial charge on any atom is -0.338 e. The van der Waals surface area contributed by atoms with Gasteiger partial charge in [-0.1, -0.05) is 72.4 Å². The molecular formula is C23H21N3OS2. The van der Waals surface area contributed by atoms with Gasteiger partial charge in [-0.15, -0.1) is 11.3 Å². The van der Waals surface area contributed by atoms with Crippen LogP contribution in [0.1, 0.15) is 12.5 Å². The summed E-state index contributed by atoms with van der Waals surface area (Å²) in [7, 11) is 0. The first kappa shape index (κ1) is 19.6. The summed E-state index contributed by atoms with van der Waals surface area (Å²) in [5.41, 5.74) is 2.31. The van der Waals surface area contributed by atoms with Crippen molar-refractivity contribution >= 4 is 39.2 Å². The lowest BCUT2D eigenvalue weighted by Crippen LogP contribution is -2.31. The van der Waals surface area contributed by atoms with E-state index in [1.54, 1.807) is 17.7 Å². The largest absolute Gasteiger partial charge is 0.338 e. The third-order valence-electron chi connectivity index (χ3n) is 4.63. The van der Waals surface area contributed by atoms with Gasteiger partial charge in [0.05, 0.1) is 5.75 Å². The van der Waals surface area contributed by atoms with E-state index in [-0.39, 0.29) is 5.91 Å². The quantitative estimate of drug-likeness (QED) is 0.293. The van der Waals surface area contributed by atoms with Crippen LogP contribution in [0.5, 0.6) is 0 Å². The van der Waals surface area contributed by atoms with Crippen molar-refractivity contribution in [2.75, 3.05) is 12.3 Å². The highest BCUT2D eigenvalue weighted by Crippen LogP contribution is 2.36. The number of carbonyl (C=O) groups is 1. The van der Waals surface area contributed by atoms with Crippen molar-refractivity contribution in [2.45, 2.75) is 18.5 Å². The van der Waals surface area contributed by atoms with E-state index in [2.05, 4.69) is 28.2 Å². The van der Waals surface area contributed by atoms with Gasteiger partial charge in [0.25, 0.3) is 0 Å². The van der Waals surface area contributed by atoms with Crippen LogP contribution in [0, 0.1) is 0 Å². The van der Waals surface area contributed by atoms with Crippen LogP contribution >= 0.6 is 23.1 Å². The van der Waals surface area contributed by atoms with Gasteiger partial charge in [-0.2, -0.15) is 0 Å². The number of hydrogen-bond acceptors (Lipinski definition) is 5. The smallest absolute Gasteiger partial charge is 0.233 e. The second kappa shape index (κ2) is 9.20. The number of benzene rings is 2. The molecule has 1 amide bonds. The standard InChI is InChI=1S/C23H21N3OS2/c1-2-26(14-17-9-5-3-6-10-17)21(27)15-28-22-19-13-20(18-11-7-4-8-12-18)29-23(19)25-16-24-22/h3-13,16H,2,14-15H2,1H3. The van der Waals surface area contributed by atoms with Gasteiger partial charge in [-0.05, 0) is 24.1 Å². The second-order valence-corrected chi connectivity index (χ2v) is 8.55. The molecule has 29 heavy (non-hydrogen) atoms. The summed E-state index contributed by atoms with van der Waals surface area (Å²) in [6, 6.07) is 22.5. The molecule has 0 atom stereocenters. The van der Waals surface area contributed by atoms with Crippen LogP contribution < -0.4 is 0 Å². The molecule has 2 aromatic carbocycles. The third kappa shape index (κ3) is 4.66. The van der Waals surface area contributed by atoms with Gasteiger partial charge < -0.3 is 4.90 Å². The van der Waals surface area contributed by atoms with E-state index in [0.717, 1.165) is 25.7 Å². The molecule has 0 aliphatic rings. The van der Waals surface area contributed by atoms with E-state index in [0.29, 0.717) is 18.8 Å². The number of fused-ring (bicyclic) bond motifs is 1. The highest BCUT2D eigenvalue weighted by Gasteiger charge is 2.15. The summed E-state index contributed by atoms with van der Waals surface area (Å²) in [6.45, 7) is 3.33. The molecule has 0 fully saturated rings. The molecule has 2 heterocycles. The van der Waals surface area contributed by atoms with Crippen LogP contribution in [0.2, 0.25) is 0 Å². The highest BCUT2D eigenvalue weighted by molar-refractivity contribution is 8.00. The number of aromatic nitrogens is 2. The van der Waals surface area contributed by atoms with Gasteiger partial charge in [0.2, 0.25) is 5.91 Å². The average molecular weight is 420 g/mol. The monoisotopic (exact) mass is 419 g/mol. The number of amides is 1. The predicted molar refractivity (Wildman–Crippen MR) is 121 cm³/mol. The number of hydrogen-bond donors (Lipinski definition) is 0. The molecule has 0 aliphatic heterocycles. The van der Waals surface area contributed by atoms with Crippen molar-refractivity contribution in [3.8, 4) is 10.4 Å². The zero-order chi connectivity index (χ0) is 20.1. The maximum absolute atomic E-state index is 12.8. The Bertz CT molecular complexity index is 1100. The third-order valence-corrected chi connectivity index (χ3v) is 6.72. The molecule has 4 nitrogen and oxygen atoms in total. The van der Waals surface area contributed by atoms with E-state index < -0.39 is 0 Å². The Hall–Kier alpha value is -2.70. The van der Waals surface area contributed by atoms with E-state index in [9.17, 15) is 4.79 Å². The molecule has 0 unspecified atom stereocenters. The Kier molecular flexibility index (Phi) is 6.22. The van der Waals surface area contributed by atoms with Gasteiger partial charge >= 0.3 is 0 Å². The number of carbonyl (C=O) groups excluding carboxylic acids is 1. The molecule has 4 aromatic rings. The Morgan fingerprint density at radius 1 is 1.03 bits per heavy atom. The summed E-state index contributed by atoms with van der Waals surface area (Å²) < 4.78 is 0. The van der Waals surface area contributed by atoms with Gasteiger partial charge in [-0.3, -0.25) is 4.79 Å². The van der Waals surface area contributed by atoms with Crippen molar-refractivity contribution < 1.29 is 4.79 Å². The summed E-state index contributed by atoms with van der Waals surface area (Å²) >= 11 is 3.14. The molecule has 0 aliphatic carbocycles. The Morgan fingerprint density at radius 2 is 1.76 bits per heavy atom. The van der Waals surface area contributed by atoms with Crippen LogP contribution in [-0.4, -0.2) is 33.1 Å². The number of thioether (sulfide) groups is 1. The fraction of sp³-hybridized carbons (Fsp3) is 0.174. The lowest BCUT2D eigenvalue weighted by atomic mass is 10.2. The first-order valence-corrected chi connectivity index (χ1v) is 11.3. The van der Waals surface area contributed by atoms with Crippen molar-refractivity contribution in [3.63, 3.8) is 0 Å². The number of thiophene rings is 1. The summed E-state index contributed by atoms with van der Waals surface area (Å²) in [5, 5.41) is 1.87. The number of nitrogens with zero attached hydrogens (tertiary/aromatic N) is 3. The SMILES string of the molecule is CCN(Cc1ccccc1)C(=O)CSc1ncnc2sc(-c3ccccc3)cc12. The van der Waals surface area contributed by atoms with E-state index in [4.69, 9.17) is 0 Å². The molecule has 0 radical (unpaired) electrons. The van der Waals surface area contributed by atoms with Crippen LogP contribution in [0.3, 0.4) is 0 Å². The lowest BCUT2D eigenvalue weighted by molar-refractivity contribution is -0.128. The summed E-state index contributed by atoms with van der Waals surface area (Å²) in [6.07, 6.45) is 1.59. The minimum atomic E-state index is 0.117. The Morgan fingerprint density at radius 3 is 2.48 bits per heavy atom. The molecule has 0 spiro atoms. The van der Waals surface area contributed by atoms with Gasteiger partial charge in [-0.25, -0.2) is 9.97 Å². The predicted octanol–water partition coefficient (Wildman–Crippen LogP) is 5.50.